The molecule has 0 saturated carbocycles. The molecule has 2 aromatic carbocycles. The van der Waals surface area contributed by atoms with Crippen molar-refractivity contribution in [3.05, 3.63) is 72.3 Å². The lowest BCUT2D eigenvalue weighted by Crippen LogP contribution is -2.39. The van der Waals surface area contributed by atoms with E-state index in [1.54, 1.807) is 18.1 Å². The monoisotopic (exact) mass is 428 g/mol. The summed E-state index contributed by atoms with van der Waals surface area (Å²) >= 11 is 0. The molecule has 2 N–H and O–H groups in total. The molecule has 3 aromatic rings. The van der Waals surface area contributed by atoms with Crippen LogP contribution in [0.25, 0.3) is 5.69 Å². The Morgan fingerprint density at radius 1 is 1.10 bits per heavy atom. The van der Waals surface area contributed by atoms with Gasteiger partial charge < -0.3 is 10.6 Å². The minimum atomic E-state index is -1.06. The van der Waals surface area contributed by atoms with E-state index in [-0.39, 0.29) is 30.7 Å². The van der Waals surface area contributed by atoms with Crippen LogP contribution in [0.15, 0.2) is 55.1 Å². The first-order valence-electron chi connectivity index (χ1n) is 9.50. The van der Waals surface area contributed by atoms with Crippen molar-refractivity contribution in [2.75, 3.05) is 25.5 Å². The third-order valence-electron chi connectivity index (χ3n) is 4.76. The van der Waals surface area contributed by atoms with Crippen molar-refractivity contribution in [3.63, 3.8) is 0 Å². The summed E-state index contributed by atoms with van der Waals surface area (Å²) in [4.78, 5) is 29.9. The Balaban J connectivity index is 1.47. The molecule has 1 aromatic heterocycles. The van der Waals surface area contributed by atoms with Crippen molar-refractivity contribution < 1.29 is 18.4 Å². The van der Waals surface area contributed by atoms with Crippen LogP contribution in [-0.4, -0.2) is 51.6 Å². The summed E-state index contributed by atoms with van der Waals surface area (Å²) < 4.78 is 27.8. The average molecular weight is 428 g/mol. The van der Waals surface area contributed by atoms with Gasteiger partial charge in [0.25, 0.3) is 0 Å². The Morgan fingerprint density at radius 3 is 2.48 bits per heavy atom. The summed E-state index contributed by atoms with van der Waals surface area (Å²) in [5, 5.41) is 8.99. The number of anilines is 1. The Bertz CT molecular complexity index is 1040. The second kappa shape index (κ2) is 9.90. The molecule has 10 heteroatoms. The van der Waals surface area contributed by atoms with E-state index in [1.165, 1.54) is 12.4 Å². The Kier molecular flexibility index (Phi) is 7.03. The van der Waals surface area contributed by atoms with Crippen LogP contribution in [0, 0.1) is 11.6 Å². The number of hydrogen-bond donors (Lipinski definition) is 2. The van der Waals surface area contributed by atoms with E-state index in [9.17, 15) is 18.4 Å². The summed E-state index contributed by atoms with van der Waals surface area (Å²) in [5.74, 6) is -2.95. The Morgan fingerprint density at radius 2 is 1.84 bits per heavy atom. The van der Waals surface area contributed by atoms with Gasteiger partial charge in [0.05, 0.1) is 18.8 Å². The van der Waals surface area contributed by atoms with Crippen molar-refractivity contribution >= 4 is 17.5 Å². The number of nitrogens with one attached hydrogen (secondary N) is 2. The predicted molar refractivity (Wildman–Crippen MR) is 110 cm³/mol. The van der Waals surface area contributed by atoms with Crippen molar-refractivity contribution in [2.45, 2.75) is 13.0 Å². The first-order chi connectivity index (χ1) is 14.8. The standard InChI is InChI=1S/C21H22F2N6O2/c1-14(15-3-6-17(7-4-15)29-13-24-12-26-29)28(2)11-21(31)25-10-20(30)27-16-5-8-18(22)19(23)9-16/h3-9,12-14H,10-11H2,1-2H3,(H,25,31)(H,27,30). The van der Waals surface area contributed by atoms with Gasteiger partial charge >= 0.3 is 0 Å². The Hall–Kier alpha value is -3.66. The van der Waals surface area contributed by atoms with E-state index >= 15 is 0 Å². The molecule has 0 aliphatic heterocycles. The number of nitrogens with zero attached hydrogens (tertiary/aromatic N) is 4. The van der Waals surface area contributed by atoms with E-state index < -0.39 is 17.5 Å². The normalized spacial score (nSPS) is 11.9. The fraction of sp³-hybridized carbons (Fsp3) is 0.238. The molecular formula is C21H22F2N6O2. The van der Waals surface area contributed by atoms with Gasteiger partial charge in [-0.05, 0) is 43.8 Å². The molecule has 0 radical (unpaired) electrons. The highest BCUT2D eigenvalue weighted by molar-refractivity contribution is 5.94. The molecule has 0 aliphatic carbocycles. The number of halogens is 2. The third kappa shape index (κ3) is 5.92. The lowest BCUT2D eigenvalue weighted by Gasteiger charge is -2.24. The van der Waals surface area contributed by atoms with Crippen LogP contribution in [0.4, 0.5) is 14.5 Å². The molecule has 1 heterocycles. The van der Waals surface area contributed by atoms with Crippen molar-refractivity contribution in [1.82, 2.24) is 25.0 Å². The lowest BCUT2D eigenvalue weighted by atomic mass is 10.1. The van der Waals surface area contributed by atoms with Gasteiger partial charge in [-0.15, -0.1) is 0 Å². The van der Waals surface area contributed by atoms with Gasteiger partial charge in [0, 0.05) is 17.8 Å². The largest absolute Gasteiger partial charge is 0.346 e. The summed E-state index contributed by atoms with van der Waals surface area (Å²) in [7, 11) is 1.80. The molecule has 0 spiro atoms. The van der Waals surface area contributed by atoms with Crippen LogP contribution >= 0.6 is 0 Å². The third-order valence-corrected chi connectivity index (χ3v) is 4.76. The summed E-state index contributed by atoms with van der Waals surface area (Å²) in [6, 6.07) is 10.7. The van der Waals surface area contributed by atoms with Crippen LogP contribution in [0.1, 0.15) is 18.5 Å². The number of rotatable bonds is 8. The summed E-state index contributed by atoms with van der Waals surface area (Å²) in [6.45, 7) is 1.75. The molecule has 0 fully saturated rings. The van der Waals surface area contributed by atoms with Crippen LogP contribution in [0.2, 0.25) is 0 Å². The van der Waals surface area contributed by atoms with E-state index in [4.69, 9.17) is 0 Å². The van der Waals surface area contributed by atoms with E-state index in [0.29, 0.717) is 0 Å². The van der Waals surface area contributed by atoms with Crippen molar-refractivity contribution in [3.8, 4) is 5.69 Å². The van der Waals surface area contributed by atoms with Gasteiger partial charge in [-0.1, -0.05) is 12.1 Å². The molecule has 1 atom stereocenters. The zero-order valence-electron chi connectivity index (χ0n) is 17.0. The molecule has 1 unspecified atom stereocenters. The van der Waals surface area contributed by atoms with Crippen molar-refractivity contribution in [2.24, 2.45) is 0 Å². The van der Waals surface area contributed by atoms with Crippen molar-refractivity contribution in [1.29, 1.82) is 0 Å². The molecule has 2 amide bonds. The van der Waals surface area contributed by atoms with Gasteiger partial charge in [-0.25, -0.2) is 18.4 Å². The minimum absolute atomic E-state index is 0.0495. The van der Waals surface area contributed by atoms with Gasteiger partial charge in [0.2, 0.25) is 11.8 Å². The maximum atomic E-state index is 13.2. The molecular weight excluding hydrogens is 406 g/mol. The number of amides is 2. The number of benzene rings is 2. The highest BCUT2D eigenvalue weighted by atomic mass is 19.2. The predicted octanol–water partition coefficient (Wildman–Crippen LogP) is 2.29. The number of carbonyl (C=O) groups excluding carboxylic acids is 2. The van der Waals surface area contributed by atoms with Gasteiger partial charge in [0.15, 0.2) is 11.6 Å². The number of aromatic nitrogens is 3. The molecule has 0 saturated heterocycles. The van der Waals surface area contributed by atoms with Crippen LogP contribution in [0.5, 0.6) is 0 Å². The number of carbonyl (C=O) groups is 2. The topological polar surface area (TPSA) is 92.2 Å². The van der Waals surface area contributed by atoms with Gasteiger partial charge in [-0.3, -0.25) is 14.5 Å². The molecule has 8 nitrogen and oxygen atoms in total. The molecule has 0 bridgehead atoms. The highest BCUT2D eigenvalue weighted by Crippen LogP contribution is 2.20. The number of likely N-dealkylation sites (N-methyl/N-ethyl adjacent to an activating group) is 1. The quantitative estimate of drug-likeness (QED) is 0.575. The fourth-order valence-corrected chi connectivity index (χ4v) is 2.88. The smallest absolute Gasteiger partial charge is 0.243 e. The minimum Gasteiger partial charge on any atom is -0.346 e. The molecule has 162 valence electrons. The Labute approximate surface area is 177 Å². The van der Waals surface area contributed by atoms with Crippen LogP contribution < -0.4 is 10.6 Å². The fourth-order valence-electron chi connectivity index (χ4n) is 2.88. The second-order valence-electron chi connectivity index (χ2n) is 6.98. The maximum absolute atomic E-state index is 13.2. The first-order valence-corrected chi connectivity index (χ1v) is 9.50. The average Bonchev–Trinajstić information content (AvgIpc) is 3.29. The van der Waals surface area contributed by atoms with E-state index in [1.807, 2.05) is 36.1 Å². The first kappa shape index (κ1) is 22.0. The van der Waals surface area contributed by atoms with E-state index in [0.717, 1.165) is 23.4 Å². The molecule has 3 rings (SSSR count). The van der Waals surface area contributed by atoms with Gasteiger partial charge in [0.1, 0.15) is 12.7 Å². The molecule has 0 aliphatic rings. The zero-order chi connectivity index (χ0) is 22.4. The highest BCUT2D eigenvalue weighted by Gasteiger charge is 2.16. The van der Waals surface area contributed by atoms with Gasteiger partial charge in [-0.2, -0.15) is 5.10 Å². The van der Waals surface area contributed by atoms with Crippen LogP contribution in [-0.2, 0) is 9.59 Å². The maximum Gasteiger partial charge on any atom is 0.243 e. The number of hydrogen-bond acceptors (Lipinski definition) is 5. The summed E-state index contributed by atoms with van der Waals surface area (Å²) in [6.07, 6.45) is 3.07. The second-order valence-corrected chi connectivity index (χ2v) is 6.98. The van der Waals surface area contributed by atoms with E-state index in [2.05, 4.69) is 20.7 Å². The SMILES string of the molecule is CC(c1ccc(-n2cncn2)cc1)N(C)CC(=O)NCC(=O)Nc1ccc(F)c(F)c1. The summed E-state index contributed by atoms with van der Waals surface area (Å²) in [5.41, 5.74) is 1.99. The molecule has 31 heavy (non-hydrogen) atoms. The zero-order valence-corrected chi connectivity index (χ0v) is 17.0. The van der Waals surface area contributed by atoms with Crippen LogP contribution in [0.3, 0.4) is 0 Å². The lowest BCUT2D eigenvalue weighted by molar-refractivity contribution is -0.125.